The first-order chi connectivity index (χ1) is 16.4. The second-order valence-electron chi connectivity index (χ2n) is 8.68. The quantitative estimate of drug-likeness (QED) is 0.533. The third-order valence-corrected chi connectivity index (χ3v) is 5.89. The molecule has 0 radical (unpaired) electrons. The fourth-order valence-corrected chi connectivity index (χ4v) is 4.06. The van der Waals surface area contributed by atoms with Crippen molar-refractivity contribution in [3.8, 4) is 11.6 Å². The van der Waals surface area contributed by atoms with Gasteiger partial charge in [0.2, 0.25) is 11.5 Å². The van der Waals surface area contributed by atoms with Gasteiger partial charge < -0.3 is 14.4 Å². The van der Waals surface area contributed by atoms with Gasteiger partial charge in [0, 0.05) is 18.7 Å². The number of hydrogen-bond donors (Lipinski definition) is 0. The number of benzene rings is 1. The van der Waals surface area contributed by atoms with Gasteiger partial charge in [0.15, 0.2) is 5.65 Å². The van der Waals surface area contributed by atoms with Crippen molar-refractivity contribution in [1.29, 1.82) is 0 Å². The summed E-state index contributed by atoms with van der Waals surface area (Å²) >= 11 is 0. The highest BCUT2D eigenvalue weighted by atomic mass is 16.6. The van der Waals surface area contributed by atoms with E-state index in [0.717, 1.165) is 23.8 Å². The zero-order valence-electron chi connectivity index (χ0n) is 19.2. The van der Waals surface area contributed by atoms with Crippen molar-refractivity contribution >= 4 is 17.1 Å². The molecule has 1 saturated heterocycles. The van der Waals surface area contributed by atoms with Gasteiger partial charge in [-0.1, -0.05) is 12.1 Å². The van der Waals surface area contributed by atoms with Crippen LogP contribution in [0, 0.1) is 0 Å². The molecule has 2 aliphatic rings. The van der Waals surface area contributed by atoms with Crippen LogP contribution >= 0.6 is 0 Å². The van der Waals surface area contributed by atoms with Gasteiger partial charge in [0.05, 0.1) is 18.3 Å². The van der Waals surface area contributed by atoms with Crippen molar-refractivity contribution in [2.75, 3.05) is 13.1 Å². The van der Waals surface area contributed by atoms with E-state index in [1.807, 2.05) is 49.7 Å². The Kier molecular flexibility index (Phi) is 5.64. The third-order valence-electron chi connectivity index (χ3n) is 5.89. The summed E-state index contributed by atoms with van der Waals surface area (Å²) in [6.45, 7) is 6.75. The maximum Gasteiger partial charge on any atom is 0.410 e. The van der Waals surface area contributed by atoms with E-state index in [2.05, 4.69) is 35.7 Å². The number of likely N-dealkylation sites (tertiary alicyclic amines) is 1. The second kappa shape index (κ2) is 8.76. The van der Waals surface area contributed by atoms with E-state index in [9.17, 15) is 4.79 Å². The number of nitrogens with zero attached hydrogens (tertiary/aromatic N) is 9. The molecule has 0 saturated carbocycles. The van der Waals surface area contributed by atoms with Gasteiger partial charge >= 0.3 is 6.09 Å². The molecule has 0 spiro atoms. The summed E-state index contributed by atoms with van der Waals surface area (Å²) in [6.07, 6.45) is 4.32. The van der Waals surface area contributed by atoms with Crippen molar-refractivity contribution in [3.63, 3.8) is 0 Å². The standard InChI is InChI=1S/C22H25N9O3/c1-14(2)33-21(32)30-10-8-16(9-11-30)31-19-18(12-25-31)20(24-13-23-19)34-17-6-4-15(5-7-17)22(3)26-28-29-27-22/h4-7,12-14,16H,8-11H2,1-3H3. The molecule has 5 rings (SSSR count). The van der Waals surface area contributed by atoms with E-state index >= 15 is 0 Å². The summed E-state index contributed by atoms with van der Waals surface area (Å²) in [7, 11) is 0. The molecule has 1 amide bonds. The molecule has 176 valence electrons. The topological polar surface area (TPSA) is 132 Å². The van der Waals surface area contributed by atoms with E-state index < -0.39 is 5.66 Å². The van der Waals surface area contributed by atoms with Crippen LogP contribution in [0.25, 0.3) is 11.0 Å². The molecule has 1 fully saturated rings. The summed E-state index contributed by atoms with van der Waals surface area (Å²) in [5.41, 5.74) is 0.751. The Morgan fingerprint density at radius 1 is 1.09 bits per heavy atom. The summed E-state index contributed by atoms with van der Waals surface area (Å²) < 4.78 is 13.3. The van der Waals surface area contributed by atoms with Crippen LogP contribution < -0.4 is 4.74 Å². The molecule has 12 heteroatoms. The highest BCUT2D eigenvalue weighted by molar-refractivity contribution is 5.80. The van der Waals surface area contributed by atoms with Crippen LogP contribution in [0.2, 0.25) is 0 Å². The van der Waals surface area contributed by atoms with Crippen molar-refractivity contribution < 1.29 is 14.3 Å². The molecule has 0 aliphatic carbocycles. The van der Waals surface area contributed by atoms with E-state index in [1.165, 1.54) is 6.33 Å². The van der Waals surface area contributed by atoms with Crippen LogP contribution in [0.4, 0.5) is 4.79 Å². The van der Waals surface area contributed by atoms with E-state index in [-0.39, 0.29) is 18.2 Å². The van der Waals surface area contributed by atoms with Gasteiger partial charge in [-0.15, -0.1) is 10.2 Å². The van der Waals surface area contributed by atoms with Crippen LogP contribution in [-0.2, 0) is 10.4 Å². The molecule has 3 aromatic rings. The molecule has 0 N–H and O–H groups in total. The summed E-state index contributed by atoms with van der Waals surface area (Å²) in [5.74, 6) is 1.04. The number of ether oxygens (including phenoxy) is 2. The number of rotatable bonds is 5. The van der Waals surface area contributed by atoms with E-state index in [4.69, 9.17) is 9.47 Å². The van der Waals surface area contributed by atoms with Crippen molar-refractivity contribution in [2.24, 2.45) is 20.7 Å². The van der Waals surface area contributed by atoms with Crippen LogP contribution in [-0.4, -0.2) is 49.9 Å². The molecule has 2 aliphatic heterocycles. The molecular formula is C22H25N9O3. The SMILES string of the molecule is CC(C)OC(=O)N1CCC(n2ncc3c(Oc4ccc(C5(C)N=NN=N5)cc4)ncnc32)CC1. The lowest BCUT2D eigenvalue weighted by atomic mass is 10.0. The Labute approximate surface area is 195 Å². The van der Waals surface area contributed by atoms with Gasteiger partial charge in [0.1, 0.15) is 17.5 Å². The molecular weight excluding hydrogens is 438 g/mol. The number of fused-ring (bicyclic) bond motifs is 1. The first kappa shape index (κ1) is 21.9. The zero-order valence-corrected chi connectivity index (χ0v) is 19.2. The van der Waals surface area contributed by atoms with E-state index in [1.54, 1.807) is 11.1 Å². The Bertz CT molecular complexity index is 1230. The molecule has 34 heavy (non-hydrogen) atoms. The van der Waals surface area contributed by atoms with Crippen LogP contribution in [0.1, 0.15) is 45.2 Å². The highest BCUT2D eigenvalue weighted by Crippen LogP contribution is 2.34. The average Bonchev–Trinajstić information content (AvgIpc) is 3.47. The number of carbonyl (C=O) groups excluding carboxylic acids is 1. The van der Waals surface area contributed by atoms with Gasteiger partial charge in [0.25, 0.3) is 0 Å². The lowest BCUT2D eigenvalue weighted by molar-refractivity contribution is 0.0656. The Hall–Kier alpha value is -3.96. The van der Waals surface area contributed by atoms with Gasteiger partial charge in [-0.05, 0) is 56.2 Å². The van der Waals surface area contributed by atoms with Crippen molar-refractivity contribution in [1.82, 2.24) is 24.6 Å². The Morgan fingerprint density at radius 3 is 2.47 bits per heavy atom. The minimum Gasteiger partial charge on any atom is -0.447 e. The number of carbonyl (C=O) groups is 1. The molecule has 12 nitrogen and oxygen atoms in total. The van der Waals surface area contributed by atoms with E-state index in [0.29, 0.717) is 30.4 Å². The minimum atomic E-state index is -0.803. The molecule has 2 aromatic heterocycles. The predicted octanol–water partition coefficient (Wildman–Crippen LogP) is 4.81. The van der Waals surface area contributed by atoms with Crippen LogP contribution in [0.5, 0.6) is 11.6 Å². The lowest BCUT2D eigenvalue weighted by Gasteiger charge is -2.31. The van der Waals surface area contributed by atoms with Gasteiger partial charge in [-0.25, -0.2) is 19.4 Å². The summed E-state index contributed by atoms with van der Waals surface area (Å²) in [4.78, 5) is 22.7. The molecule has 0 atom stereocenters. The second-order valence-corrected chi connectivity index (χ2v) is 8.68. The molecule has 0 bridgehead atoms. The van der Waals surface area contributed by atoms with Gasteiger partial charge in [-0.3, -0.25) is 0 Å². The smallest absolute Gasteiger partial charge is 0.410 e. The number of amides is 1. The summed E-state index contributed by atoms with van der Waals surface area (Å²) in [5, 5.41) is 20.6. The largest absolute Gasteiger partial charge is 0.447 e. The van der Waals surface area contributed by atoms with Crippen molar-refractivity contribution in [2.45, 2.75) is 51.4 Å². The number of piperidine rings is 1. The average molecular weight is 464 g/mol. The maximum atomic E-state index is 12.2. The minimum absolute atomic E-state index is 0.123. The molecule has 1 aromatic carbocycles. The number of aromatic nitrogens is 4. The first-order valence-corrected chi connectivity index (χ1v) is 11.2. The van der Waals surface area contributed by atoms with Crippen molar-refractivity contribution in [3.05, 3.63) is 42.4 Å². The predicted molar refractivity (Wildman–Crippen MR) is 120 cm³/mol. The fraction of sp³-hybridized carbons (Fsp3) is 0.455. The first-order valence-electron chi connectivity index (χ1n) is 11.2. The normalized spacial score (nSPS) is 17.6. The fourth-order valence-electron chi connectivity index (χ4n) is 4.06. The molecule has 0 unspecified atom stereocenters. The third kappa shape index (κ3) is 4.18. The summed E-state index contributed by atoms with van der Waals surface area (Å²) in [6, 6.07) is 7.53. The Balaban J connectivity index is 1.30. The van der Waals surface area contributed by atoms with Gasteiger partial charge in [-0.2, -0.15) is 5.10 Å². The zero-order chi connectivity index (χ0) is 23.7. The Morgan fingerprint density at radius 2 is 1.79 bits per heavy atom. The number of hydrogen-bond acceptors (Lipinski definition) is 10. The highest BCUT2D eigenvalue weighted by Gasteiger charge is 2.30. The maximum absolute atomic E-state index is 12.2. The monoisotopic (exact) mass is 463 g/mol. The van der Waals surface area contributed by atoms with Crippen LogP contribution in [0.3, 0.4) is 0 Å². The van der Waals surface area contributed by atoms with Crippen LogP contribution in [0.15, 0.2) is 57.5 Å². The molecule has 4 heterocycles. The lowest BCUT2D eigenvalue weighted by Crippen LogP contribution is -2.40.